The number of hydrogen-bond acceptors (Lipinski definition) is 5. The van der Waals surface area contributed by atoms with Crippen molar-refractivity contribution in [3.8, 4) is 0 Å². The highest BCUT2D eigenvalue weighted by molar-refractivity contribution is 6.07. The van der Waals surface area contributed by atoms with Crippen LogP contribution in [0.2, 0.25) is 0 Å². The number of carbonyl (C=O) groups is 3. The van der Waals surface area contributed by atoms with E-state index in [1.54, 1.807) is 0 Å². The van der Waals surface area contributed by atoms with E-state index in [9.17, 15) is 14.4 Å². The second-order valence-electron chi connectivity index (χ2n) is 8.54. The molecule has 0 bridgehead atoms. The molecule has 156 valence electrons. The summed E-state index contributed by atoms with van der Waals surface area (Å²) in [4.78, 5) is 41.0. The summed E-state index contributed by atoms with van der Waals surface area (Å²) in [5, 5.41) is 8.11. The van der Waals surface area contributed by atoms with Crippen molar-refractivity contribution in [3.63, 3.8) is 0 Å². The summed E-state index contributed by atoms with van der Waals surface area (Å²) in [5.41, 5.74) is 2.24. The number of likely N-dealkylation sites (N-methyl/N-ethyl adjacent to an activating group) is 1. The standard InChI is InChI=1S/C21H29N5O3/c1-14-13-16(26-11-9-25(2)10-12-26)3-4-17(14)22-18(27)15-5-7-21(8-6-15)19(28)23-20(29)24-21/h3-4,13,15H,5-12H2,1-2H3,(H,22,27)(H2,23,24,28,29). The number of amides is 4. The summed E-state index contributed by atoms with van der Waals surface area (Å²) < 4.78 is 0. The van der Waals surface area contributed by atoms with E-state index in [2.05, 4.69) is 44.9 Å². The minimum Gasteiger partial charge on any atom is -0.369 e. The molecule has 1 saturated carbocycles. The molecule has 0 atom stereocenters. The van der Waals surface area contributed by atoms with Crippen LogP contribution in [0.5, 0.6) is 0 Å². The van der Waals surface area contributed by atoms with E-state index in [0.717, 1.165) is 37.4 Å². The van der Waals surface area contributed by atoms with Gasteiger partial charge in [-0.2, -0.15) is 0 Å². The van der Waals surface area contributed by atoms with Gasteiger partial charge in [0.15, 0.2) is 0 Å². The number of piperazine rings is 1. The van der Waals surface area contributed by atoms with Crippen LogP contribution in [0.4, 0.5) is 16.2 Å². The molecule has 2 heterocycles. The number of urea groups is 1. The van der Waals surface area contributed by atoms with Crippen LogP contribution in [0.1, 0.15) is 31.2 Å². The molecule has 1 spiro atoms. The number of benzene rings is 1. The first kappa shape index (κ1) is 19.7. The Hall–Kier alpha value is -2.61. The molecule has 2 aliphatic heterocycles. The Balaban J connectivity index is 1.35. The van der Waals surface area contributed by atoms with Gasteiger partial charge in [-0.05, 0) is 63.4 Å². The molecule has 0 aromatic heterocycles. The van der Waals surface area contributed by atoms with E-state index in [1.807, 2.05) is 13.0 Å². The van der Waals surface area contributed by atoms with Crippen molar-refractivity contribution >= 4 is 29.2 Å². The Morgan fingerprint density at radius 1 is 1.14 bits per heavy atom. The molecule has 29 heavy (non-hydrogen) atoms. The normalized spacial score (nSPS) is 27.7. The number of hydrogen-bond donors (Lipinski definition) is 3. The highest BCUT2D eigenvalue weighted by Gasteiger charge is 2.48. The third-order valence-corrected chi connectivity index (χ3v) is 6.56. The molecule has 8 heteroatoms. The summed E-state index contributed by atoms with van der Waals surface area (Å²) in [6, 6.07) is 5.75. The zero-order chi connectivity index (χ0) is 20.6. The fourth-order valence-electron chi connectivity index (χ4n) is 4.54. The first-order valence-corrected chi connectivity index (χ1v) is 10.3. The molecule has 3 fully saturated rings. The zero-order valence-electron chi connectivity index (χ0n) is 17.1. The Kier molecular flexibility index (Phi) is 5.21. The number of nitrogens with zero attached hydrogens (tertiary/aromatic N) is 2. The maximum Gasteiger partial charge on any atom is 0.322 e. The van der Waals surface area contributed by atoms with Crippen LogP contribution in [0.25, 0.3) is 0 Å². The van der Waals surface area contributed by atoms with Crippen LogP contribution in [0.15, 0.2) is 18.2 Å². The van der Waals surface area contributed by atoms with Crippen molar-refractivity contribution in [2.45, 2.75) is 38.1 Å². The first-order chi connectivity index (χ1) is 13.9. The SMILES string of the molecule is Cc1cc(N2CCN(C)CC2)ccc1NC(=O)C1CCC2(CC1)NC(=O)NC2=O. The summed E-state index contributed by atoms with van der Waals surface area (Å²) in [6.45, 7) is 6.15. The maximum atomic E-state index is 12.8. The molecule has 3 aliphatic rings. The second-order valence-corrected chi connectivity index (χ2v) is 8.54. The number of aryl methyl sites for hydroxylation is 1. The third-order valence-electron chi connectivity index (χ3n) is 6.56. The fourth-order valence-corrected chi connectivity index (χ4v) is 4.54. The van der Waals surface area contributed by atoms with Gasteiger partial charge >= 0.3 is 6.03 Å². The van der Waals surface area contributed by atoms with Crippen LogP contribution < -0.4 is 20.9 Å². The predicted molar refractivity (Wildman–Crippen MR) is 111 cm³/mol. The molecule has 4 rings (SSSR count). The fraction of sp³-hybridized carbons (Fsp3) is 0.571. The average molecular weight is 399 g/mol. The molecule has 0 unspecified atom stereocenters. The molecule has 3 N–H and O–H groups in total. The van der Waals surface area contributed by atoms with Gasteiger partial charge in [-0.15, -0.1) is 0 Å². The minimum absolute atomic E-state index is 0.0139. The average Bonchev–Trinajstić information content (AvgIpc) is 2.97. The van der Waals surface area contributed by atoms with Gasteiger partial charge in [-0.1, -0.05) is 0 Å². The smallest absolute Gasteiger partial charge is 0.322 e. The Morgan fingerprint density at radius 2 is 1.83 bits per heavy atom. The van der Waals surface area contributed by atoms with E-state index in [-0.39, 0.29) is 17.7 Å². The molecule has 1 aromatic rings. The molecular weight excluding hydrogens is 370 g/mol. The Morgan fingerprint density at radius 3 is 2.41 bits per heavy atom. The van der Waals surface area contributed by atoms with E-state index >= 15 is 0 Å². The summed E-state index contributed by atoms with van der Waals surface area (Å²) in [7, 11) is 2.14. The molecule has 1 aliphatic carbocycles. The summed E-state index contributed by atoms with van der Waals surface area (Å²) >= 11 is 0. The van der Waals surface area contributed by atoms with Gasteiger partial charge in [0, 0.05) is 43.5 Å². The number of imide groups is 1. The summed E-state index contributed by atoms with van der Waals surface area (Å²) in [6.07, 6.45) is 2.14. The molecule has 2 saturated heterocycles. The van der Waals surface area contributed by atoms with Gasteiger partial charge in [0.1, 0.15) is 5.54 Å². The molecule has 8 nitrogen and oxygen atoms in total. The van der Waals surface area contributed by atoms with Gasteiger partial charge in [-0.3, -0.25) is 14.9 Å². The monoisotopic (exact) mass is 399 g/mol. The van der Waals surface area contributed by atoms with Crippen molar-refractivity contribution in [3.05, 3.63) is 23.8 Å². The van der Waals surface area contributed by atoms with Gasteiger partial charge < -0.3 is 20.4 Å². The van der Waals surface area contributed by atoms with Gasteiger partial charge in [0.25, 0.3) is 5.91 Å². The van der Waals surface area contributed by atoms with E-state index in [0.29, 0.717) is 25.7 Å². The van der Waals surface area contributed by atoms with Gasteiger partial charge in [0.2, 0.25) is 5.91 Å². The number of anilines is 2. The topological polar surface area (TPSA) is 93.8 Å². The molecule has 4 amide bonds. The lowest BCUT2D eigenvalue weighted by atomic mass is 9.76. The number of rotatable bonds is 3. The lowest BCUT2D eigenvalue weighted by Gasteiger charge is -2.34. The quantitative estimate of drug-likeness (QED) is 0.669. The zero-order valence-corrected chi connectivity index (χ0v) is 17.1. The lowest BCUT2D eigenvalue weighted by Crippen LogP contribution is -2.50. The largest absolute Gasteiger partial charge is 0.369 e. The van der Waals surface area contributed by atoms with Crippen LogP contribution in [-0.2, 0) is 9.59 Å². The van der Waals surface area contributed by atoms with Crippen LogP contribution in [-0.4, -0.2) is 61.5 Å². The van der Waals surface area contributed by atoms with Crippen molar-refractivity contribution in [2.75, 3.05) is 43.4 Å². The van der Waals surface area contributed by atoms with Gasteiger partial charge in [0.05, 0.1) is 0 Å². The number of carbonyl (C=O) groups excluding carboxylic acids is 3. The number of nitrogens with one attached hydrogen (secondary N) is 3. The van der Waals surface area contributed by atoms with Crippen LogP contribution in [0.3, 0.4) is 0 Å². The maximum absolute atomic E-state index is 12.8. The summed E-state index contributed by atoms with van der Waals surface area (Å²) in [5.74, 6) is -0.431. The van der Waals surface area contributed by atoms with Gasteiger partial charge in [-0.25, -0.2) is 4.79 Å². The van der Waals surface area contributed by atoms with E-state index in [1.165, 1.54) is 5.69 Å². The van der Waals surface area contributed by atoms with E-state index < -0.39 is 11.6 Å². The van der Waals surface area contributed by atoms with Crippen molar-refractivity contribution < 1.29 is 14.4 Å². The second kappa shape index (κ2) is 7.67. The van der Waals surface area contributed by atoms with Crippen LogP contribution >= 0.6 is 0 Å². The lowest BCUT2D eigenvalue weighted by molar-refractivity contribution is -0.128. The minimum atomic E-state index is -0.825. The highest BCUT2D eigenvalue weighted by atomic mass is 16.2. The predicted octanol–water partition coefficient (Wildman–Crippen LogP) is 1.45. The first-order valence-electron chi connectivity index (χ1n) is 10.3. The Bertz CT molecular complexity index is 824. The van der Waals surface area contributed by atoms with Crippen LogP contribution in [0, 0.1) is 12.8 Å². The van der Waals surface area contributed by atoms with Crippen molar-refractivity contribution in [1.29, 1.82) is 0 Å². The van der Waals surface area contributed by atoms with Crippen molar-refractivity contribution in [1.82, 2.24) is 15.5 Å². The third kappa shape index (κ3) is 3.94. The van der Waals surface area contributed by atoms with Crippen molar-refractivity contribution in [2.24, 2.45) is 5.92 Å². The Labute approximate surface area is 171 Å². The molecular formula is C21H29N5O3. The molecule has 1 aromatic carbocycles. The highest BCUT2D eigenvalue weighted by Crippen LogP contribution is 2.35. The molecule has 0 radical (unpaired) electrons. The van der Waals surface area contributed by atoms with E-state index in [4.69, 9.17) is 0 Å².